The van der Waals surface area contributed by atoms with Gasteiger partial charge in [0.2, 0.25) is 9.05 Å². The fourth-order valence-corrected chi connectivity index (χ4v) is 2.86. The Bertz CT molecular complexity index is 454. The number of rotatable bonds is 2. The van der Waals surface area contributed by atoms with Gasteiger partial charge < -0.3 is 0 Å². The molecule has 1 rings (SSSR count). The van der Waals surface area contributed by atoms with Gasteiger partial charge >= 0.3 is 0 Å². The first-order chi connectivity index (χ1) is 6.29. The summed E-state index contributed by atoms with van der Waals surface area (Å²) in [5.74, 6) is -0.124. The van der Waals surface area contributed by atoms with Crippen LogP contribution in [0.1, 0.15) is 16.7 Å². The Hall–Kier alpha value is -0.0600. The van der Waals surface area contributed by atoms with Crippen molar-refractivity contribution in [3.63, 3.8) is 0 Å². The molecule has 2 nitrogen and oxygen atoms in total. The van der Waals surface area contributed by atoms with E-state index in [1.54, 1.807) is 0 Å². The lowest BCUT2D eigenvalue weighted by molar-refractivity contribution is 0.608. The predicted molar refractivity (Wildman–Crippen MR) is 62.1 cm³/mol. The highest BCUT2D eigenvalue weighted by Crippen LogP contribution is 2.24. The number of hydrogen-bond acceptors (Lipinski definition) is 2. The number of aryl methyl sites for hydroxylation is 1. The smallest absolute Gasteiger partial charge is 0.212 e. The second-order valence-corrected chi connectivity index (χ2v) is 6.85. The van der Waals surface area contributed by atoms with E-state index in [9.17, 15) is 8.42 Å². The molecule has 0 saturated heterocycles. The van der Waals surface area contributed by atoms with Crippen molar-refractivity contribution < 1.29 is 8.42 Å². The molecule has 0 unspecified atom stereocenters. The van der Waals surface area contributed by atoms with Crippen molar-refractivity contribution in [1.82, 2.24) is 0 Å². The highest BCUT2D eigenvalue weighted by Gasteiger charge is 2.11. The van der Waals surface area contributed by atoms with Gasteiger partial charge in [0.05, 0.1) is 5.75 Å². The number of benzene rings is 1. The van der Waals surface area contributed by atoms with Gasteiger partial charge in [0, 0.05) is 15.2 Å². The summed E-state index contributed by atoms with van der Waals surface area (Å²) in [6.07, 6.45) is 0. The molecule has 0 aliphatic heterocycles. The van der Waals surface area contributed by atoms with Crippen molar-refractivity contribution in [3.8, 4) is 0 Å². The van der Waals surface area contributed by atoms with E-state index < -0.39 is 9.05 Å². The molecule has 0 saturated carbocycles. The topological polar surface area (TPSA) is 34.1 Å². The zero-order valence-electron chi connectivity index (χ0n) is 7.84. The van der Waals surface area contributed by atoms with Crippen molar-refractivity contribution in [1.29, 1.82) is 0 Å². The molecule has 5 heteroatoms. The van der Waals surface area contributed by atoms with Crippen LogP contribution >= 0.6 is 26.6 Å². The summed E-state index contributed by atoms with van der Waals surface area (Å²) in [6, 6.07) is 3.78. The molecule has 0 amide bonds. The molecule has 0 heterocycles. The first-order valence-electron chi connectivity index (χ1n) is 3.97. The monoisotopic (exact) mass is 296 g/mol. The van der Waals surface area contributed by atoms with Crippen molar-refractivity contribution in [2.75, 3.05) is 0 Å². The van der Waals surface area contributed by atoms with Gasteiger partial charge in [-0.1, -0.05) is 22.0 Å². The van der Waals surface area contributed by atoms with Crippen LogP contribution in [0.3, 0.4) is 0 Å². The van der Waals surface area contributed by atoms with E-state index in [0.29, 0.717) is 0 Å². The molecule has 0 spiro atoms. The van der Waals surface area contributed by atoms with E-state index >= 15 is 0 Å². The first kappa shape index (κ1) is 12.0. The molecule has 78 valence electrons. The molecule has 0 radical (unpaired) electrons. The Kier molecular flexibility index (Phi) is 3.61. The maximum Gasteiger partial charge on any atom is 0.236 e. The number of halogens is 2. The lowest BCUT2D eigenvalue weighted by atomic mass is 10.1. The second-order valence-electron chi connectivity index (χ2n) is 3.21. The third-order valence-electron chi connectivity index (χ3n) is 1.92. The van der Waals surface area contributed by atoms with Crippen molar-refractivity contribution in [2.24, 2.45) is 0 Å². The minimum absolute atomic E-state index is 0.124. The van der Waals surface area contributed by atoms with E-state index in [2.05, 4.69) is 15.9 Å². The van der Waals surface area contributed by atoms with E-state index in [-0.39, 0.29) is 5.75 Å². The molecular weight excluding hydrogens is 288 g/mol. The minimum Gasteiger partial charge on any atom is -0.212 e. The Morgan fingerprint density at radius 2 is 1.93 bits per heavy atom. The summed E-state index contributed by atoms with van der Waals surface area (Å²) in [6.45, 7) is 3.77. The summed E-state index contributed by atoms with van der Waals surface area (Å²) < 4.78 is 22.8. The minimum atomic E-state index is -3.48. The normalized spacial score (nSPS) is 11.7. The maximum atomic E-state index is 10.9. The Morgan fingerprint density at radius 3 is 2.43 bits per heavy atom. The van der Waals surface area contributed by atoms with Crippen LogP contribution in [0, 0.1) is 13.8 Å². The molecule has 0 N–H and O–H groups in total. The quantitative estimate of drug-likeness (QED) is 0.786. The Balaban J connectivity index is 3.22. The maximum absolute atomic E-state index is 10.9. The zero-order valence-corrected chi connectivity index (χ0v) is 11.0. The predicted octanol–water partition coefficient (Wildman–Crippen LogP) is 3.13. The SMILES string of the molecule is Cc1cc(Br)c(C)c(CS(=O)(=O)Cl)c1. The van der Waals surface area contributed by atoms with Gasteiger partial charge in [-0.25, -0.2) is 8.42 Å². The summed E-state index contributed by atoms with van der Waals surface area (Å²) in [4.78, 5) is 0. The van der Waals surface area contributed by atoms with Crippen LogP contribution in [0.5, 0.6) is 0 Å². The van der Waals surface area contributed by atoms with Crippen LogP contribution in [0.15, 0.2) is 16.6 Å². The average molecular weight is 298 g/mol. The van der Waals surface area contributed by atoms with Crippen LogP contribution in [0.2, 0.25) is 0 Å². The molecule has 1 aromatic carbocycles. The van der Waals surface area contributed by atoms with Crippen LogP contribution in [0.4, 0.5) is 0 Å². The lowest BCUT2D eigenvalue weighted by Crippen LogP contribution is -1.99. The van der Waals surface area contributed by atoms with Gasteiger partial charge in [-0.15, -0.1) is 0 Å². The van der Waals surface area contributed by atoms with E-state index in [0.717, 1.165) is 21.2 Å². The average Bonchev–Trinajstić information content (AvgIpc) is 1.96. The van der Waals surface area contributed by atoms with Gasteiger partial charge in [0.15, 0.2) is 0 Å². The molecular formula is C9H10BrClO2S. The van der Waals surface area contributed by atoms with Gasteiger partial charge in [-0.3, -0.25) is 0 Å². The fourth-order valence-electron chi connectivity index (χ4n) is 1.22. The summed E-state index contributed by atoms with van der Waals surface area (Å²) in [5, 5.41) is 0. The Labute approximate surface area is 96.8 Å². The van der Waals surface area contributed by atoms with Gasteiger partial charge in [0.1, 0.15) is 0 Å². The summed E-state index contributed by atoms with van der Waals surface area (Å²) in [5.41, 5.74) is 2.67. The summed E-state index contributed by atoms with van der Waals surface area (Å²) >= 11 is 3.37. The van der Waals surface area contributed by atoms with E-state index in [1.807, 2.05) is 26.0 Å². The highest BCUT2D eigenvalue weighted by atomic mass is 79.9. The highest BCUT2D eigenvalue weighted by molar-refractivity contribution is 9.10. The van der Waals surface area contributed by atoms with Gasteiger partial charge in [-0.2, -0.15) is 0 Å². The fraction of sp³-hybridized carbons (Fsp3) is 0.333. The molecule has 14 heavy (non-hydrogen) atoms. The molecule has 0 fully saturated rings. The van der Waals surface area contributed by atoms with Gasteiger partial charge in [-0.05, 0) is 36.6 Å². The van der Waals surface area contributed by atoms with E-state index in [1.165, 1.54) is 0 Å². The molecule has 0 aromatic heterocycles. The van der Waals surface area contributed by atoms with Crippen LogP contribution in [0.25, 0.3) is 0 Å². The standard InChI is InChI=1S/C9H10BrClO2S/c1-6-3-8(5-14(11,12)13)7(2)9(10)4-6/h3-4H,5H2,1-2H3. The van der Waals surface area contributed by atoms with Crippen molar-refractivity contribution in [2.45, 2.75) is 19.6 Å². The first-order valence-corrected chi connectivity index (χ1v) is 7.24. The van der Waals surface area contributed by atoms with E-state index in [4.69, 9.17) is 10.7 Å². The number of hydrogen-bond donors (Lipinski definition) is 0. The van der Waals surface area contributed by atoms with Crippen molar-refractivity contribution in [3.05, 3.63) is 33.3 Å². The largest absolute Gasteiger partial charge is 0.236 e. The summed E-state index contributed by atoms with van der Waals surface area (Å²) in [7, 11) is 1.72. The molecule has 0 atom stereocenters. The molecule has 0 aliphatic carbocycles. The third-order valence-corrected chi connectivity index (χ3v) is 3.73. The van der Waals surface area contributed by atoms with Crippen LogP contribution in [-0.4, -0.2) is 8.42 Å². The molecule has 0 bridgehead atoms. The lowest BCUT2D eigenvalue weighted by Gasteiger charge is -2.07. The van der Waals surface area contributed by atoms with Crippen molar-refractivity contribution >= 4 is 35.7 Å². The Morgan fingerprint density at radius 1 is 1.36 bits per heavy atom. The van der Waals surface area contributed by atoms with Crippen LogP contribution < -0.4 is 0 Å². The molecule has 1 aromatic rings. The zero-order chi connectivity index (χ0) is 10.9. The molecule has 0 aliphatic rings. The second kappa shape index (κ2) is 4.21. The third kappa shape index (κ3) is 3.26. The van der Waals surface area contributed by atoms with Gasteiger partial charge in [0.25, 0.3) is 0 Å². The van der Waals surface area contributed by atoms with Crippen LogP contribution in [-0.2, 0) is 14.8 Å².